The summed E-state index contributed by atoms with van der Waals surface area (Å²) in [5, 5.41) is 20.4. The molecule has 0 N–H and O–H groups in total. The smallest absolute Gasteiger partial charge is 0.269 e. The molecule has 0 saturated carbocycles. The van der Waals surface area contributed by atoms with Gasteiger partial charge in [-0.1, -0.05) is 26.2 Å². The van der Waals surface area contributed by atoms with Gasteiger partial charge < -0.3 is 9.47 Å². The topological polar surface area (TPSA) is 85.4 Å². The Morgan fingerprint density at radius 2 is 1.90 bits per heavy atom. The fourth-order valence-corrected chi connectivity index (χ4v) is 3.46. The first kappa shape index (κ1) is 23.4. The van der Waals surface area contributed by atoms with E-state index >= 15 is 0 Å². The first-order chi connectivity index (χ1) is 14.5. The second-order valence-corrected chi connectivity index (χ2v) is 7.50. The lowest BCUT2D eigenvalue weighted by Crippen LogP contribution is -2.02. The third-order valence-corrected chi connectivity index (χ3v) is 4.99. The van der Waals surface area contributed by atoms with E-state index in [-0.39, 0.29) is 5.69 Å². The number of nitriles is 1. The average molecular weight is 473 g/mol. The zero-order valence-electron chi connectivity index (χ0n) is 17.2. The normalized spacial score (nSPS) is 11.1. The highest BCUT2D eigenvalue weighted by atomic mass is 79.9. The van der Waals surface area contributed by atoms with Crippen molar-refractivity contribution in [3.05, 3.63) is 62.1 Å². The molecule has 6 nitrogen and oxygen atoms in total. The molecule has 0 atom stereocenters. The molecule has 0 aliphatic heterocycles. The van der Waals surface area contributed by atoms with Gasteiger partial charge in [0.25, 0.3) is 5.69 Å². The molecule has 0 amide bonds. The van der Waals surface area contributed by atoms with Crippen molar-refractivity contribution in [3.63, 3.8) is 0 Å². The van der Waals surface area contributed by atoms with Gasteiger partial charge in [-0.3, -0.25) is 10.1 Å². The third kappa shape index (κ3) is 6.60. The highest BCUT2D eigenvalue weighted by molar-refractivity contribution is 9.10. The summed E-state index contributed by atoms with van der Waals surface area (Å²) in [4.78, 5) is 10.4. The van der Waals surface area contributed by atoms with Crippen LogP contribution in [-0.2, 0) is 0 Å². The van der Waals surface area contributed by atoms with Gasteiger partial charge in [-0.2, -0.15) is 5.26 Å². The van der Waals surface area contributed by atoms with E-state index in [2.05, 4.69) is 28.9 Å². The van der Waals surface area contributed by atoms with Gasteiger partial charge in [-0.15, -0.1) is 0 Å². The maximum Gasteiger partial charge on any atom is 0.269 e. The quantitative estimate of drug-likeness (QED) is 0.118. The number of non-ortho nitro benzene ring substituents is 1. The first-order valence-corrected chi connectivity index (χ1v) is 10.7. The lowest BCUT2D eigenvalue weighted by molar-refractivity contribution is -0.384. The summed E-state index contributed by atoms with van der Waals surface area (Å²) in [6.45, 7) is 5.17. The molecule has 0 saturated heterocycles. The zero-order chi connectivity index (χ0) is 21.9. The molecule has 0 fully saturated rings. The van der Waals surface area contributed by atoms with Gasteiger partial charge in [-0.25, -0.2) is 0 Å². The SMILES string of the molecule is CCCCCCOc1c(Br)cc(/C=C(\C#N)c2ccc([N+](=O)[O-])cc2)cc1OCC. The number of allylic oxidation sites excluding steroid dienone is 1. The van der Waals surface area contributed by atoms with Crippen LogP contribution in [0.15, 0.2) is 40.9 Å². The average Bonchev–Trinajstić information content (AvgIpc) is 2.73. The van der Waals surface area contributed by atoms with Gasteiger partial charge in [0.15, 0.2) is 11.5 Å². The second kappa shape index (κ2) is 12.0. The number of hydrogen-bond acceptors (Lipinski definition) is 5. The molecule has 0 bridgehead atoms. The predicted molar refractivity (Wildman–Crippen MR) is 122 cm³/mol. The number of ether oxygens (including phenoxy) is 2. The number of rotatable bonds is 11. The molecule has 0 spiro atoms. The van der Waals surface area contributed by atoms with E-state index in [0.29, 0.717) is 35.8 Å². The van der Waals surface area contributed by atoms with Crippen LogP contribution in [0.4, 0.5) is 5.69 Å². The summed E-state index contributed by atoms with van der Waals surface area (Å²) in [6, 6.07) is 11.8. The summed E-state index contributed by atoms with van der Waals surface area (Å²) >= 11 is 3.55. The van der Waals surface area contributed by atoms with Gasteiger partial charge in [-0.05, 0) is 70.7 Å². The molecule has 2 aromatic carbocycles. The molecule has 2 rings (SSSR count). The minimum absolute atomic E-state index is 0.0159. The van der Waals surface area contributed by atoms with Crippen molar-refractivity contribution in [2.45, 2.75) is 39.5 Å². The molecule has 0 unspecified atom stereocenters. The van der Waals surface area contributed by atoms with E-state index in [1.165, 1.54) is 25.0 Å². The Bertz CT molecular complexity index is 933. The van der Waals surface area contributed by atoms with Crippen molar-refractivity contribution in [2.24, 2.45) is 0 Å². The van der Waals surface area contributed by atoms with Crippen LogP contribution in [0.5, 0.6) is 11.5 Å². The molecule has 158 valence electrons. The Morgan fingerprint density at radius 3 is 2.50 bits per heavy atom. The molecule has 0 aliphatic carbocycles. The summed E-state index contributed by atoms with van der Waals surface area (Å²) < 4.78 is 12.5. The molecule has 2 aromatic rings. The fourth-order valence-electron chi connectivity index (χ4n) is 2.89. The van der Waals surface area contributed by atoms with Crippen molar-refractivity contribution in [3.8, 4) is 17.6 Å². The van der Waals surface area contributed by atoms with Crippen molar-refractivity contribution in [1.82, 2.24) is 0 Å². The molecule has 7 heteroatoms. The van der Waals surface area contributed by atoms with E-state index in [1.54, 1.807) is 18.2 Å². The Labute approximate surface area is 185 Å². The summed E-state index contributed by atoms with van der Waals surface area (Å²) in [5.74, 6) is 1.26. The van der Waals surface area contributed by atoms with Crippen molar-refractivity contribution in [2.75, 3.05) is 13.2 Å². The Hall–Kier alpha value is -2.85. The van der Waals surface area contributed by atoms with E-state index in [9.17, 15) is 15.4 Å². The van der Waals surface area contributed by atoms with Crippen molar-refractivity contribution < 1.29 is 14.4 Å². The molecule has 0 heterocycles. The van der Waals surface area contributed by atoms with E-state index in [4.69, 9.17) is 9.47 Å². The highest BCUT2D eigenvalue weighted by Gasteiger charge is 2.13. The van der Waals surface area contributed by atoms with Crippen LogP contribution >= 0.6 is 15.9 Å². The maximum absolute atomic E-state index is 10.8. The second-order valence-electron chi connectivity index (χ2n) is 6.65. The summed E-state index contributed by atoms with van der Waals surface area (Å²) in [5.41, 5.74) is 1.75. The lowest BCUT2D eigenvalue weighted by Gasteiger charge is -2.15. The van der Waals surface area contributed by atoms with Gasteiger partial charge in [0.1, 0.15) is 0 Å². The number of nitrogens with zero attached hydrogens (tertiary/aromatic N) is 2. The number of unbranched alkanes of at least 4 members (excludes halogenated alkanes) is 3. The van der Waals surface area contributed by atoms with Crippen LogP contribution in [0.3, 0.4) is 0 Å². The van der Waals surface area contributed by atoms with Gasteiger partial charge in [0.2, 0.25) is 0 Å². The van der Waals surface area contributed by atoms with Crippen molar-refractivity contribution in [1.29, 1.82) is 5.26 Å². The lowest BCUT2D eigenvalue weighted by atomic mass is 10.0. The van der Waals surface area contributed by atoms with Crippen LogP contribution < -0.4 is 9.47 Å². The van der Waals surface area contributed by atoms with Crippen LogP contribution in [0.2, 0.25) is 0 Å². The number of halogens is 1. The molecular weight excluding hydrogens is 448 g/mol. The van der Waals surface area contributed by atoms with Crippen LogP contribution in [0.1, 0.15) is 50.7 Å². The van der Waals surface area contributed by atoms with Gasteiger partial charge in [0.05, 0.1) is 34.3 Å². The highest BCUT2D eigenvalue weighted by Crippen LogP contribution is 2.38. The van der Waals surface area contributed by atoms with Crippen LogP contribution in [0, 0.1) is 21.4 Å². The molecule has 30 heavy (non-hydrogen) atoms. The number of nitro groups is 1. The Morgan fingerprint density at radius 1 is 1.17 bits per heavy atom. The molecule has 0 aromatic heterocycles. The fraction of sp³-hybridized carbons (Fsp3) is 0.348. The molecular formula is C23H25BrN2O4. The van der Waals surface area contributed by atoms with Crippen molar-refractivity contribution >= 4 is 33.3 Å². The van der Waals surface area contributed by atoms with Gasteiger partial charge in [0, 0.05) is 12.1 Å². The van der Waals surface area contributed by atoms with E-state index in [0.717, 1.165) is 22.9 Å². The Balaban J connectivity index is 2.29. The largest absolute Gasteiger partial charge is 0.490 e. The minimum Gasteiger partial charge on any atom is -0.490 e. The first-order valence-electron chi connectivity index (χ1n) is 9.95. The predicted octanol–water partition coefficient (Wildman–Crippen LogP) is 6.78. The molecule has 0 radical (unpaired) electrons. The van der Waals surface area contributed by atoms with Crippen LogP contribution in [-0.4, -0.2) is 18.1 Å². The summed E-state index contributed by atoms with van der Waals surface area (Å²) in [6.07, 6.45) is 6.18. The zero-order valence-corrected chi connectivity index (χ0v) is 18.8. The standard InChI is InChI=1S/C23H25BrN2O4/c1-3-5-6-7-12-30-23-21(24)14-17(15-22(23)29-4-2)13-19(16-25)18-8-10-20(11-9-18)26(27)28/h8-11,13-15H,3-7,12H2,1-2H3/b19-13+. The van der Waals surface area contributed by atoms with E-state index < -0.39 is 4.92 Å². The number of nitro benzene ring substituents is 1. The maximum atomic E-state index is 10.8. The minimum atomic E-state index is -0.466. The Kier molecular flexibility index (Phi) is 9.36. The number of hydrogen-bond donors (Lipinski definition) is 0. The third-order valence-electron chi connectivity index (χ3n) is 4.40. The molecule has 0 aliphatic rings. The van der Waals surface area contributed by atoms with Crippen LogP contribution in [0.25, 0.3) is 11.6 Å². The van der Waals surface area contributed by atoms with E-state index in [1.807, 2.05) is 19.1 Å². The number of benzene rings is 2. The van der Waals surface area contributed by atoms with Gasteiger partial charge >= 0.3 is 0 Å². The summed E-state index contributed by atoms with van der Waals surface area (Å²) in [7, 11) is 0. The monoisotopic (exact) mass is 472 g/mol.